The van der Waals surface area contributed by atoms with Crippen molar-refractivity contribution in [3.63, 3.8) is 0 Å². The lowest BCUT2D eigenvalue weighted by atomic mass is 9.93. The number of imide groups is 1. The Bertz CT molecular complexity index is 850. The molecule has 2 aliphatic rings. The standard InChI is InChI=1S/C23H28N4O2/c1-23(13-12-19-8-4-2-5-9-19)21(28)27(22(29)24-23)18-25-14-16-26(17-15-25)20-10-6-3-7-11-20/h2-11H,12-18H2,1H3,(H,24,29). The van der Waals surface area contributed by atoms with Crippen molar-refractivity contribution in [2.75, 3.05) is 37.7 Å². The average molecular weight is 393 g/mol. The van der Waals surface area contributed by atoms with Gasteiger partial charge in [-0.15, -0.1) is 0 Å². The van der Waals surface area contributed by atoms with Gasteiger partial charge in [-0.25, -0.2) is 9.69 Å². The quantitative estimate of drug-likeness (QED) is 0.768. The largest absolute Gasteiger partial charge is 0.369 e. The Morgan fingerprint density at radius 3 is 2.17 bits per heavy atom. The predicted molar refractivity (Wildman–Crippen MR) is 114 cm³/mol. The highest BCUT2D eigenvalue weighted by Crippen LogP contribution is 2.24. The fourth-order valence-corrected chi connectivity index (χ4v) is 4.07. The molecule has 1 N–H and O–H groups in total. The fraction of sp³-hybridized carbons (Fsp3) is 0.391. The molecule has 1 atom stereocenters. The lowest BCUT2D eigenvalue weighted by Gasteiger charge is -2.37. The van der Waals surface area contributed by atoms with Gasteiger partial charge in [-0.2, -0.15) is 0 Å². The minimum Gasteiger partial charge on any atom is -0.369 e. The van der Waals surface area contributed by atoms with Crippen molar-refractivity contribution >= 4 is 17.6 Å². The molecule has 2 aromatic rings. The van der Waals surface area contributed by atoms with Crippen LogP contribution in [0.1, 0.15) is 18.9 Å². The van der Waals surface area contributed by atoms with E-state index in [2.05, 4.69) is 39.4 Å². The summed E-state index contributed by atoms with van der Waals surface area (Å²) in [5.41, 5.74) is 1.56. The second kappa shape index (κ2) is 8.25. The molecule has 29 heavy (non-hydrogen) atoms. The third-order valence-electron chi connectivity index (χ3n) is 5.94. The number of para-hydroxylation sites is 1. The molecule has 0 aliphatic carbocycles. The Labute approximate surface area is 172 Å². The summed E-state index contributed by atoms with van der Waals surface area (Å²) in [6, 6.07) is 20.1. The van der Waals surface area contributed by atoms with E-state index in [1.165, 1.54) is 16.2 Å². The van der Waals surface area contributed by atoms with Crippen LogP contribution in [0.15, 0.2) is 60.7 Å². The highest BCUT2D eigenvalue weighted by molar-refractivity contribution is 6.06. The highest BCUT2D eigenvalue weighted by atomic mass is 16.2. The molecule has 0 spiro atoms. The van der Waals surface area contributed by atoms with E-state index < -0.39 is 5.54 Å². The van der Waals surface area contributed by atoms with Gasteiger partial charge in [0, 0.05) is 31.9 Å². The maximum Gasteiger partial charge on any atom is 0.326 e. The summed E-state index contributed by atoms with van der Waals surface area (Å²) in [5.74, 6) is -0.121. The molecule has 3 amide bonds. The van der Waals surface area contributed by atoms with Crippen LogP contribution in [0.4, 0.5) is 10.5 Å². The van der Waals surface area contributed by atoms with E-state index in [0.29, 0.717) is 13.1 Å². The van der Waals surface area contributed by atoms with Crippen molar-refractivity contribution in [2.45, 2.75) is 25.3 Å². The van der Waals surface area contributed by atoms with Crippen LogP contribution in [-0.2, 0) is 11.2 Å². The van der Waals surface area contributed by atoms with E-state index in [0.717, 1.165) is 32.6 Å². The maximum absolute atomic E-state index is 13.0. The maximum atomic E-state index is 13.0. The molecule has 2 fully saturated rings. The molecule has 0 saturated carbocycles. The Morgan fingerprint density at radius 1 is 0.897 bits per heavy atom. The molecule has 2 saturated heterocycles. The smallest absolute Gasteiger partial charge is 0.326 e. The van der Waals surface area contributed by atoms with Gasteiger partial charge in [-0.05, 0) is 37.5 Å². The zero-order chi connectivity index (χ0) is 20.3. The summed E-state index contributed by atoms with van der Waals surface area (Å²) in [5, 5.41) is 2.92. The SMILES string of the molecule is CC1(CCc2ccccc2)NC(=O)N(CN2CCN(c3ccccc3)CC2)C1=O. The molecule has 1 unspecified atom stereocenters. The number of carbonyl (C=O) groups is 2. The number of nitrogens with one attached hydrogen (secondary N) is 1. The molecule has 6 heteroatoms. The van der Waals surface area contributed by atoms with Gasteiger partial charge in [0.2, 0.25) is 0 Å². The minimum absolute atomic E-state index is 0.121. The number of anilines is 1. The number of carbonyl (C=O) groups excluding carboxylic acids is 2. The van der Waals surface area contributed by atoms with Crippen LogP contribution in [0.5, 0.6) is 0 Å². The first-order chi connectivity index (χ1) is 14.0. The molecular weight excluding hydrogens is 364 g/mol. The highest BCUT2D eigenvalue weighted by Gasteiger charge is 2.47. The number of benzene rings is 2. The van der Waals surface area contributed by atoms with Gasteiger partial charge >= 0.3 is 6.03 Å². The second-order valence-corrected chi connectivity index (χ2v) is 8.06. The Hall–Kier alpha value is -2.86. The normalized spacial score (nSPS) is 22.8. The summed E-state index contributed by atoms with van der Waals surface area (Å²) in [7, 11) is 0. The molecule has 0 bridgehead atoms. The van der Waals surface area contributed by atoms with Crippen LogP contribution in [0.25, 0.3) is 0 Å². The summed E-state index contributed by atoms with van der Waals surface area (Å²) >= 11 is 0. The summed E-state index contributed by atoms with van der Waals surface area (Å²) in [4.78, 5) is 31.5. The van der Waals surface area contributed by atoms with Crippen LogP contribution < -0.4 is 10.2 Å². The van der Waals surface area contributed by atoms with Crippen LogP contribution in [0, 0.1) is 0 Å². The number of aryl methyl sites for hydroxylation is 1. The topological polar surface area (TPSA) is 55.9 Å². The number of nitrogens with zero attached hydrogens (tertiary/aromatic N) is 3. The van der Waals surface area contributed by atoms with E-state index in [4.69, 9.17) is 0 Å². The first kappa shape index (κ1) is 19.5. The third kappa shape index (κ3) is 4.27. The van der Waals surface area contributed by atoms with Crippen molar-refractivity contribution < 1.29 is 9.59 Å². The number of urea groups is 1. The van der Waals surface area contributed by atoms with Crippen molar-refractivity contribution in [3.8, 4) is 0 Å². The van der Waals surface area contributed by atoms with Crippen molar-refractivity contribution in [1.82, 2.24) is 15.1 Å². The number of amides is 3. The van der Waals surface area contributed by atoms with Gasteiger partial charge < -0.3 is 10.2 Å². The van der Waals surface area contributed by atoms with Crippen LogP contribution in [0.3, 0.4) is 0 Å². The molecule has 2 aromatic carbocycles. The number of hydrogen-bond donors (Lipinski definition) is 1. The molecule has 4 rings (SSSR count). The minimum atomic E-state index is -0.835. The van der Waals surface area contributed by atoms with Gasteiger partial charge in [0.05, 0.1) is 6.67 Å². The van der Waals surface area contributed by atoms with Gasteiger partial charge in [0.1, 0.15) is 5.54 Å². The molecular formula is C23H28N4O2. The lowest BCUT2D eigenvalue weighted by molar-refractivity contribution is -0.132. The predicted octanol–water partition coefficient (Wildman–Crippen LogP) is 2.71. The zero-order valence-electron chi connectivity index (χ0n) is 16.9. The molecule has 2 aliphatic heterocycles. The summed E-state index contributed by atoms with van der Waals surface area (Å²) in [6.45, 7) is 5.62. The van der Waals surface area contributed by atoms with Crippen molar-refractivity contribution in [2.24, 2.45) is 0 Å². The van der Waals surface area contributed by atoms with Crippen molar-refractivity contribution in [1.29, 1.82) is 0 Å². The molecule has 152 valence electrons. The van der Waals surface area contributed by atoms with Gasteiger partial charge in [-0.1, -0.05) is 48.5 Å². The first-order valence-corrected chi connectivity index (χ1v) is 10.3. The number of rotatable bonds is 6. The summed E-state index contributed by atoms with van der Waals surface area (Å²) < 4.78 is 0. The molecule has 2 heterocycles. The number of piperazine rings is 1. The zero-order valence-corrected chi connectivity index (χ0v) is 16.9. The molecule has 0 aromatic heterocycles. The average Bonchev–Trinajstić information content (AvgIpc) is 2.97. The van der Waals surface area contributed by atoms with Crippen LogP contribution >= 0.6 is 0 Å². The number of hydrogen-bond acceptors (Lipinski definition) is 4. The van der Waals surface area contributed by atoms with E-state index in [1.54, 1.807) is 0 Å². The third-order valence-corrected chi connectivity index (χ3v) is 5.94. The van der Waals surface area contributed by atoms with Crippen LogP contribution in [-0.4, -0.2) is 60.1 Å². The monoisotopic (exact) mass is 392 g/mol. The van der Waals surface area contributed by atoms with E-state index in [9.17, 15) is 9.59 Å². The first-order valence-electron chi connectivity index (χ1n) is 10.3. The lowest BCUT2D eigenvalue weighted by Crippen LogP contribution is -2.52. The molecule has 6 nitrogen and oxygen atoms in total. The summed E-state index contributed by atoms with van der Waals surface area (Å²) in [6.07, 6.45) is 1.35. The Morgan fingerprint density at radius 2 is 1.52 bits per heavy atom. The Kier molecular flexibility index (Phi) is 5.53. The van der Waals surface area contributed by atoms with Gasteiger partial charge in [0.15, 0.2) is 0 Å². The van der Waals surface area contributed by atoms with Gasteiger partial charge in [0.25, 0.3) is 5.91 Å². The van der Waals surface area contributed by atoms with E-state index in [-0.39, 0.29) is 11.9 Å². The van der Waals surface area contributed by atoms with Gasteiger partial charge in [-0.3, -0.25) is 9.69 Å². The van der Waals surface area contributed by atoms with Crippen molar-refractivity contribution in [3.05, 3.63) is 66.2 Å². The van der Waals surface area contributed by atoms with E-state index >= 15 is 0 Å². The Balaban J connectivity index is 1.32. The second-order valence-electron chi connectivity index (χ2n) is 8.06. The van der Waals surface area contributed by atoms with E-state index in [1.807, 2.05) is 43.3 Å². The molecule has 0 radical (unpaired) electrons. The van der Waals surface area contributed by atoms with Crippen LogP contribution in [0.2, 0.25) is 0 Å². The fourth-order valence-electron chi connectivity index (χ4n) is 4.07.